The molecule has 0 aliphatic heterocycles. The highest BCUT2D eigenvalue weighted by Gasteiger charge is 2.01. The van der Waals surface area contributed by atoms with E-state index >= 15 is 0 Å². The Bertz CT molecular complexity index is 384. The third-order valence-electron chi connectivity index (χ3n) is 1.71. The van der Waals surface area contributed by atoms with Crippen LogP contribution in [0.15, 0.2) is 18.5 Å². The summed E-state index contributed by atoms with van der Waals surface area (Å²) in [4.78, 5) is 2.97. The van der Waals surface area contributed by atoms with Crippen molar-refractivity contribution in [3.63, 3.8) is 0 Å². The van der Waals surface area contributed by atoms with E-state index in [-0.39, 0.29) is 6.61 Å². The SMILES string of the molecule is OCc1nnc(NCc2cc[nH]c2)s1. The summed E-state index contributed by atoms with van der Waals surface area (Å²) < 4.78 is 0. The zero-order chi connectivity index (χ0) is 9.80. The van der Waals surface area contributed by atoms with Gasteiger partial charge >= 0.3 is 0 Å². The number of aliphatic hydroxyl groups excluding tert-OH is 1. The zero-order valence-electron chi connectivity index (χ0n) is 7.40. The van der Waals surface area contributed by atoms with Gasteiger partial charge in [-0.2, -0.15) is 0 Å². The Morgan fingerprint density at radius 2 is 2.43 bits per heavy atom. The van der Waals surface area contributed by atoms with Crippen LogP contribution in [0, 0.1) is 0 Å². The van der Waals surface area contributed by atoms with Crippen LogP contribution in [0.5, 0.6) is 0 Å². The van der Waals surface area contributed by atoms with Gasteiger partial charge in [-0.05, 0) is 11.6 Å². The van der Waals surface area contributed by atoms with Gasteiger partial charge in [0.05, 0.1) is 6.61 Å². The molecule has 0 unspecified atom stereocenters. The normalized spacial score (nSPS) is 10.4. The Hall–Kier alpha value is -1.40. The Labute approximate surface area is 84.8 Å². The standard InChI is InChI=1S/C8H10N4OS/c13-5-7-11-12-8(14-7)10-4-6-1-2-9-3-6/h1-3,9,13H,4-5H2,(H,10,12). The monoisotopic (exact) mass is 210 g/mol. The second-order valence-corrected chi connectivity index (χ2v) is 3.79. The molecule has 0 aliphatic rings. The molecule has 0 fully saturated rings. The molecule has 2 aromatic heterocycles. The minimum absolute atomic E-state index is 0.0521. The molecule has 74 valence electrons. The fourth-order valence-corrected chi connectivity index (χ4v) is 1.63. The van der Waals surface area contributed by atoms with Crippen molar-refractivity contribution in [3.05, 3.63) is 29.0 Å². The Kier molecular flexibility index (Phi) is 2.76. The first kappa shape index (κ1) is 9.17. The van der Waals surface area contributed by atoms with E-state index in [0.29, 0.717) is 11.6 Å². The number of aromatic amines is 1. The van der Waals surface area contributed by atoms with E-state index in [9.17, 15) is 0 Å². The highest BCUT2D eigenvalue weighted by molar-refractivity contribution is 7.15. The lowest BCUT2D eigenvalue weighted by molar-refractivity contribution is 0.280. The minimum atomic E-state index is -0.0521. The number of nitrogens with one attached hydrogen (secondary N) is 2. The van der Waals surface area contributed by atoms with Gasteiger partial charge in [0.15, 0.2) is 0 Å². The molecule has 2 rings (SSSR count). The molecule has 0 bridgehead atoms. The number of aliphatic hydroxyl groups is 1. The van der Waals surface area contributed by atoms with Crippen molar-refractivity contribution < 1.29 is 5.11 Å². The molecule has 0 atom stereocenters. The summed E-state index contributed by atoms with van der Waals surface area (Å²) in [6.07, 6.45) is 3.79. The van der Waals surface area contributed by atoms with Gasteiger partial charge in [-0.25, -0.2) is 0 Å². The maximum Gasteiger partial charge on any atom is 0.206 e. The van der Waals surface area contributed by atoms with Crippen LogP contribution in [-0.2, 0) is 13.2 Å². The molecular weight excluding hydrogens is 200 g/mol. The molecule has 2 heterocycles. The van der Waals surface area contributed by atoms with Gasteiger partial charge in [-0.1, -0.05) is 11.3 Å². The number of rotatable bonds is 4. The lowest BCUT2D eigenvalue weighted by Gasteiger charge is -1.97. The summed E-state index contributed by atoms with van der Waals surface area (Å²) in [5.41, 5.74) is 1.16. The van der Waals surface area contributed by atoms with Gasteiger partial charge in [0.1, 0.15) is 5.01 Å². The van der Waals surface area contributed by atoms with Crippen LogP contribution in [0.25, 0.3) is 0 Å². The number of hydrogen-bond donors (Lipinski definition) is 3. The third kappa shape index (κ3) is 2.09. The van der Waals surface area contributed by atoms with Crippen molar-refractivity contribution in [1.29, 1.82) is 0 Å². The summed E-state index contributed by atoms with van der Waals surface area (Å²) in [6, 6.07) is 1.99. The molecular formula is C8H10N4OS. The summed E-state index contributed by atoms with van der Waals surface area (Å²) >= 11 is 1.36. The first-order chi connectivity index (χ1) is 6.88. The van der Waals surface area contributed by atoms with Gasteiger partial charge < -0.3 is 15.4 Å². The maximum absolute atomic E-state index is 8.78. The number of anilines is 1. The van der Waals surface area contributed by atoms with E-state index in [1.54, 1.807) is 0 Å². The van der Waals surface area contributed by atoms with Crippen molar-refractivity contribution in [2.75, 3.05) is 5.32 Å². The van der Waals surface area contributed by atoms with Crippen LogP contribution < -0.4 is 5.32 Å². The quantitative estimate of drug-likeness (QED) is 0.703. The molecule has 6 heteroatoms. The van der Waals surface area contributed by atoms with Crippen LogP contribution in [0.2, 0.25) is 0 Å². The van der Waals surface area contributed by atoms with E-state index in [1.807, 2.05) is 18.5 Å². The average Bonchev–Trinajstić information content (AvgIpc) is 2.86. The van der Waals surface area contributed by atoms with Gasteiger partial charge in [0.25, 0.3) is 0 Å². The first-order valence-corrected chi connectivity index (χ1v) is 4.99. The van der Waals surface area contributed by atoms with Gasteiger partial charge in [-0.15, -0.1) is 10.2 Å². The topological polar surface area (TPSA) is 73.8 Å². The van der Waals surface area contributed by atoms with Crippen molar-refractivity contribution in [2.45, 2.75) is 13.2 Å². The molecule has 0 radical (unpaired) electrons. The van der Waals surface area contributed by atoms with Gasteiger partial charge in [0.2, 0.25) is 5.13 Å². The Balaban J connectivity index is 1.92. The van der Waals surface area contributed by atoms with E-state index in [1.165, 1.54) is 11.3 Å². The first-order valence-electron chi connectivity index (χ1n) is 4.17. The molecule has 2 aromatic rings. The summed E-state index contributed by atoms with van der Waals surface area (Å²) in [5, 5.41) is 20.9. The maximum atomic E-state index is 8.78. The fourth-order valence-electron chi connectivity index (χ4n) is 1.03. The number of hydrogen-bond acceptors (Lipinski definition) is 5. The van der Waals surface area contributed by atoms with E-state index in [0.717, 1.165) is 10.7 Å². The molecule has 0 spiro atoms. The summed E-state index contributed by atoms with van der Waals surface area (Å²) in [6.45, 7) is 0.660. The highest BCUT2D eigenvalue weighted by Crippen LogP contribution is 2.15. The average molecular weight is 210 g/mol. The predicted octanol–water partition coefficient (Wildman–Crippen LogP) is 0.971. The van der Waals surface area contributed by atoms with Crippen molar-refractivity contribution in [1.82, 2.24) is 15.2 Å². The second-order valence-electron chi connectivity index (χ2n) is 2.73. The molecule has 0 amide bonds. The predicted molar refractivity (Wildman–Crippen MR) is 54.0 cm³/mol. The number of aromatic nitrogens is 3. The van der Waals surface area contributed by atoms with Crippen LogP contribution in [-0.4, -0.2) is 20.3 Å². The van der Waals surface area contributed by atoms with E-state index in [2.05, 4.69) is 20.5 Å². The summed E-state index contributed by atoms with van der Waals surface area (Å²) in [5.74, 6) is 0. The van der Waals surface area contributed by atoms with Gasteiger partial charge in [-0.3, -0.25) is 0 Å². The molecule has 14 heavy (non-hydrogen) atoms. The van der Waals surface area contributed by atoms with E-state index < -0.39 is 0 Å². The zero-order valence-corrected chi connectivity index (χ0v) is 8.21. The highest BCUT2D eigenvalue weighted by atomic mass is 32.1. The molecule has 0 aliphatic carbocycles. The molecule has 0 saturated carbocycles. The molecule has 3 N–H and O–H groups in total. The van der Waals surface area contributed by atoms with Crippen LogP contribution in [0.1, 0.15) is 10.6 Å². The molecule has 0 aromatic carbocycles. The van der Waals surface area contributed by atoms with Crippen molar-refractivity contribution in [3.8, 4) is 0 Å². The third-order valence-corrected chi connectivity index (χ3v) is 2.57. The second kappa shape index (κ2) is 4.21. The van der Waals surface area contributed by atoms with Crippen molar-refractivity contribution >= 4 is 16.5 Å². The largest absolute Gasteiger partial charge is 0.389 e. The molecule has 0 saturated heterocycles. The number of H-pyrrole nitrogens is 1. The minimum Gasteiger partial charge on any atom is -0.389 e. The lowest BCUT2D eigenvalue weighted by atomic mass is 10.3. The lowest BCUT2D eigenvalue weighted by Crippen LogP contribution is -1.97. The van der Waals surface area contributed by atoms with Crippen LogP contribution in [0.3, 0.4) is 0 Å². The smallest absolute Gasteiger partial charge is 0.206 e. The van der Waals surface area contributed by atoms with E-state index in [4.69, 9.17) is 5.11 Å². The molecule has 5 nitrogen and oxygen atoms in total. The van der Waals surface area contributed by atoms with Crippen molar-refractivity contribution in [2.24, 2.45) is 0 Å². The summed E-state index contributed by atoms with van der Waals surface area (Å²) in [7, 11) is 0. The Morgan fingerprint density at radius 3 is 3.07 bits per heavy atom. The fraction of sp³-hybridized carbons (Fsp3) is 0.250. The van der Waals surface area contributed by atoms with Crippen LogP contribution in [0.4, 0.5) is 5.13 Å². The number of nitrogens with zero attached hydrogens (tertiary/aromatic N) is 2. The Morgan fingerprint density at radius 1 is 1.50 bits per heavy atom. The van der Waals surface area contributed by atoms with Gasteiger partial charge in [0, 0.05) is 18.9 Å². The van der Waals surface area contributed by atoms with Crippen LogP contribution >= 0.6 is 11.3 Å².